The number of hydrogen-bond acceptors (Lipinski definition) is 6. The lowest BCUT2D eigenvalue weighted by Crippen LogP contribution is -2.23. The van der Waals surface area contributed by atoms with Crippen molar-refractivity contribution in [2.24, 2.45) is 0 Å². The van der Waals surface area contributed by atoms with Crippen LogP contribution in [0.25, 0.3) is 0 Å². The van der Waals surface area contributed by atoms with E-state index in [1.165, 1.54) is 7.11 Å². The SMILES string of the molecule is COC(CCC(OC)OS(=O)(=S)c1ccc(C)cc1)OC. The average Bonchev–Trinajstić information content (AvgIpc) is 2.47. The summed E-state index contributed by atoms with van der Waals surface area (Å²) >= 11 is 5.10. The van der Waals surface area contributed by atoms with Gasteiger partial charge in [0.05, 0.1) is 4.90 Å². The number of benzene rings is 1. The zero-order chi connectivity index (χ0) is 15.9. The Morgan fingerprint density at radius 1 is 1.00 bits per heavy atom. The van der Waals surface area contributed by atoms with E-state index in [9.17, 15) is 4.21 Å². The van der Waals surface area contributed by atoms with Gasteiger partial charge in [0, 0.05) is 45.4 Å². The predicted molar refractivity (Wildman–Crippen MR) is 83.9 cm³/mol. The van der Waals surface area contributed by atoms with Gasteiger partial charge in [0.15, 0.2) is 21.4 Å². The van der Waals surface area contributed by atoms with Crippen molar-refractivity contribution in [2.45, 2.75) is 37.2 Å². The van der Waals surface area contributed by atoms with E-state index in [4.69, 9.17) is 29.6 Å². The van der Waals surface area contributed by atoms with Gasteiger partial charge < -0.3 is 14.2 Å². The molecule has 0 aliphatic carbocycles. The number of methoxy groups -OCH3 is 3. The summed E-state index contributed by atoms with van der Waals surface area (Å²) in [6.07, 6.45) is -0.0250. The minimum atomic E-state index is -3.02. The second kappa shape index (κ2) is 8.77. The van der Waals surface area contributed by atoms with Crippen LogP contribution in [-0.4, -0.2) is 38.1 Å². The molecule has 0 heterocycles. The molecule has 5 nitrogen and oxygen atoms in total. The minimum Gasteiger partial charge on any atom is -0.356 e. The molecule has 2 atom stereocenters. The highest BCUT2D eigenvalue weighted by molar-refractivity contribution is 8.30. The summed E-state index contributed by atoms with van der Waals surface area (Å²) in [6, 6.07) is 7.12. The lowest BCUT2D eigenvalue weighted by atomic mass is 10.2. The molecule has 0 aliphatic rings. The maximum absolute atomic E-state index is 12.5. The minimum absolute atomic E-state index is 0.355. The molecule has 7 heteroatoms. The molecule has 0 spiro atoms. The standard InChI is InChI=1S/C14H22O5S2/c1-11-5-7-12(8-6-11)21(15,20)19-14(18-4)10-9-13(16-2)17-3/h5-8,13-14H,9-10H2,1-4H3. The van der Waals surface area contributed by atoms with E-state index < -0.39 is 15.1 Å². The van der Waals surface area contributed by atoms with E-state index in [-0.39, 0.29) is 6.29 Å². The third kappa shape index (κ3) is 5.98. The molecule has 1 rings (SSSR count). The van der Waals surface area contributed by atoms with Crippen molar-refractivity contribution in [1.82, 2.24) is 0 Å². The third-order valence-electron chi connectivity index (χ3n) is 2.97. The highest BCUT2D eigenvalue weighted by Crippen LogP contribution is 2.18. The van der Waals surface area contributed by atoms with Crippen molar-refractivity contribution < 1.29 is 22.6 Å². The van der Waals surface area contributed by atoms with E-state index in [1.807, 2.05) is 19.1 Å². The molecular formula is C14H22O5S2. The Morgan fingerprint density at radius 2 is 1.48 bits per heavy atom. The molecule has 0 radical (unpaired) electrons. The molecule has 1 aromatic rings. The Bertz CT molecular complexity index is 509. The van der Waals surface area contributed by atoms with Crippen molar-refractivity contribution in [1.29, 1.82) is 0 Å². The Hall–Kier alpha value is -0.570. The molecule has 0 saturated carbocycles. The van der Waals surface area contributed by atoms with Crippen LogP contribution in [0.5, 0.6) is 0 Å². The molecular weight excluding hydrogens is 312 g/mol. The number of rotatable bonds is 9. The Kier molecular flexibility index (Phi) is 7.72. The molecule has 0 aromatic heterocycles. The largest absolute Gasteiger partial charge is 0.356 e. The fraction of sp³-hybridized carbons (Fsp3) is 0.571. The van der Waals surface area contributed by atoms with Gasteiger partial charge in [-0.05, 0) is 19.1 Å². The lowest BCUT2D eigenvalue weighted by molar-refractivity contribution is -0.125. The summed E-state index contributed by atoms with van der Waals surface area (Å²) in [4.78, 5) is 0.472. The second-order valence-electron chi connectivity index (χ2n) is 4.51. The molecule has 120 valence electrons. The molecule has 21 heavy (non-hydrogen) atoms. The first-order chi connectivity index (χ1) is 9.92. The predicted octanol–water partition coefficient (Wildman–Crippen LogP) is 2.40. The van der Waals surface area contributed by atoms with Gasteiger partial charge >= 0.3 is 0 Å². The molecule has 0 N–H and O–H groups in total. The Labute approximate surface area is 131 Å². The van der Waals surface area contributed by atoms with Crippen LogP contribution < -0.4 is 0 Å². The molecule has 0 bridgehead atoms. The van der Waals surface area contributed by atoms with Crippen LogP contribution >= 0.6 is 0 Å². The average molecular weight is 334 g/mol. The van der Waals surface area contributed by atoms with E-state index in [2.05, 4.69) is 0 Å². The first-order valence-electron chi connectivity index (χ1n) is 6.51. The Morgan fingerprint density at radius 3 is 1.95 bits per heavy atom. The van der Waals surface area contributed by atoms with Gasteiger partial charge in [0.2, 0.25) is 0 Å². The molecule has 0 amide bonds. The monoisotopic (exact) mass is 334 g/mol. The Balaban J connectivity index is 2.69. The topological polar surface area (TPSA) is 54.0 Å². The number of aryl methyl sites for hydroxylation is 1. The van der Waals surface area contributed by atoms with Gasteiger partial charge in [-0.15, -0.1) is 0 Å². The van der Waals surface area contributed by atoms with Crippen LogP contribution in [0.4, 0.5) is 0 Å². The maximum atomic E-state index is 12.5. The summed E-state index contributed by atoms with van der Waals surface area (Å²) in [5.74, 6) is 0. The highest BCUT2D eigenvalue weighted by Gasteiger charge is 2.20. The summed E-state index contributed by atoms with van der Waals surface area (Å²) < 4.78 is 33.3. The summed E-state index contributed by atoms with van der Waals surface area (Å²) in [7, 11) is 1.57. The molecule has 0 aliphatic heterocycles. The van der Waals surface area contributed by atoms with Crippen molar-refractivity contribution >= 4 is 20.0 Å². The van der Waals surface area contributed by atoms with Crippen LogP contribution in [0.1, 0.15) is 18.4 Å². The first kappa shape index (κ1) is 18.5. The number of hydrogen-bond donors (Lipinski definition) is 0. The van der Waals surface area contributed by atoms with Crippen molar-refractivity contribution in [2.75, 3.05) is 21.3 Å². The van der Waals surface area contributed by atoms with Crippen LogP contribution in [0.2, 0.25) is 0 Å². The van der Waals surface area contributed by atoms with Gasteiger partial charge in [-0.3, -0.25) is 4.18 Å². The molecule has 0 saturated heterocycles. The molecule has 2 unspecified atom stereocenters. The van der Waals surface area contributed by atoms with Gasteiger partial charge in [-0.2, -0.15) is 0 Å². The summed E-state index contributed by atoms with van der Waals surface area (Å²) in [5.41, 5.74) is 1.07. The lowest BCUT2D eigenvalue weighted by Gasteiger charge is -2.20. The maximum Gasteiger partial charge on any atom is 0.176 e. The summed E-state index contributed by atoms with van der Waals surface area (Å²) in [5, 5.41) is 0. The molecule has 1 aromatic carbocycles. The van der Waals surface area contributed by atoms with E-state index >= 15 is 0 Å². The molecule has 0 fully saturated rings. The highest BCUT2D eigenvalue weighted by atomic mass is 32.8. The van der Waals surface area contributed by atoms with Crippen LogP contribution in [0.3, 0.4) is 0 Å². The van der Waals surface area contributed by atoms with Crippen LogP contribution in [0.15, 0.2) is 29.2 Å². The van der Waals surface area contributed by atoms with Gasteiger partial charge in [0.25, 0.3) is 0 Å². The van der Waals surface area contributed by atoms with Crippen molar-refractivity contribution in [3.05, 3.63) is 29.8 Å². The van der Waals surface area contributed by atoms with Gasteiger partial charge in [0.1, 0.15) is 0 Å². The fourth-order valence-corrected chi connectivity index (χ4v) is 3.35. The van der Waals surface area contributed by atoms with E-state index in [0.29, 0.717) is 17.7 Å². The van der Waals surface area contributed by atoms with E-state index in [1.54, 1.807) is 26.4 Å². The third-order valence-corrected chi connectivity index (χ3v) is 5.10. The van der Waals surface area contributed by atoms with Crippen molar-refractivity contribution in [3.8, 4) is 0 Å². The fourth-order valence-electron chi connectivity index (χ4n) is 1.71. The van der Waals surface area contributed by atoms with Crippen molar-refractivity contribution in [3.63, 3.8) is 0 Å². The number of ether oxygens (including phenoxy) is 3. The van der Waals surface area contributed by atoms with E-state index in [0.717, 1.165) is 5.56 Å². The van der Waals surface area contributed by atoms with Crippen LogP contribution in [0, 0.1) is 6.92 Å². The first-order valence-corrected chi connectivity index (χ1v) is 8.92. The normalized spacial score (nSPS) is 15.9. The quantitative estimate of drug-likeness (QED) is 0.647. The smallest absolute Gasteiger partial charge is 0.176 e. The van der Waals surface area contributed by atoms with Gasteiger partial charge in [-0.25, -0.2) is 4.21 Å². The zero-order valence-electron chi connectivity index (χ0n) is 12.7. The van der Waals surface area contributed by atoms with Gasteiger partial charge in [-0.1, -0.05) is 17.7 Å². The zero-order valence-corrected chi connectivity index (χ0v) is 14.4. The second-order valence-corrected chi connectivity index (χ2v) is 7.40. The van der Waals surface area contributed by atoms with Crippen LogP contribution in [-0.2, 0) is 38.4 Å². The summed E-state index contributed by atoms with van der Waals surface area (Å²) in [6.45, 7) is 1.95.